The summed E-state index contributed by atoms with van der Waals surface area (Å²) in [6, 6.07) is 0.0352. The van der Waals surface area contributed by atoms with Gasteiger partial charge in [0.05, 0.1) is 6.20 Å². The Kier molecular flexibility index (Phi) is 10.5. The van der Waals surface area contributed by atoms with Crippen molar-refractivity contribution in [3.63, 3.8) is 0 Å². The maximum Gasteiger partial charge on any atom is 0.290 e. The van der Waals surface area contributed by atoms with Crippen LogP contribution in [-0.2, 0) is 9.59 Å². The third-order valence-electron chi connectivity index (χ3n) is 6.05. The lowest BCUT2D eigenvalue weighted by Gasteiger charge is -2.29. The van der Waals surface area contributed by atoms with Crippen molar-refractivity contribution in [2.24, 2.45) is 17.6 Å². The largest absolute Gasteiger partial charge is 0.354 e. The summed E-state index contributed by atoms with van der Waals surface area (Å²) in [4.78, 5) is 38.4. The predicted octanol–water partition coefficient (Wildman–Crippen LogP) is 1.74. The summed E-state index contributed by atoms with van der Waals surface area (Å²) in [5.41, 5.74) is 5.50. The normalized spacial score (nSPS) is 17.4. The Bertz CT molecular complexity index is 688. The van der Waals surface area contributed by atoms with Gasteiger partial charge in [-0.05, 0) is 31.2 Å². The van der Waals surface area contributed by atoms with E-state index in [1.165, 1.54) is 18.7 Å². The molecule has 1 aromatic rings. The Labute approximate surface area is 184 Å². The van der Waals surface area contributed by atoms with E-state index in [0.29, 0.717) is 31.8 Å². The van der Waals surface area contributed by atoms with Gasteiger partial charge in [0.15, 0.2) is 0 Å². The summed E-state index contributed by atoms with van der Waals surface area (Å²) in [5.74, 6) is -0.700. The standard InChI is InChI=1S/C22H37N5O4/c1-3-15(2)19(22(30)24-12-7-11-23)27-20(28)17(14-16-8-5-4-6-9-16)26-21(29)18-10-13-25-31-18/h10,13,15-17,19H,3-9,11-12,14,23H2,1-2H3,(H,24,30)(H,26,29)(H,27,28)/t15-,17-,19-/m0/s1. The number of nitrogens with two attached hydrogens (primary N) is 1. The highest BCUT2D eigenvalue weighted by atomic mass is 16.5. The van der Waals surface area contributed by atoms with Crippen molar-refractivity contribution in [1.82, 2.24) is 21.1 Å². The van der Waals surface area contributed by atoms with Gasteiger partial charge in [-0.15, -0.1) is 0 Å². The lowest BCUT2D eigenvalue weighted by Crippen LogP contribution is -2.56. The van der Waals surface area contributed by atoms with E-state index < -0.39 is 18.0 Å². The lowest BCUT2D eigenvalue weighted by atomic mass is 9.84. The quantitative estimate of drug-likeness (QED) is 0.369. The topological polar surface area (TPSA) is 139 Å². The molecule has 1 saturated carbocycles. The number of hydrogen-bond donors (Lipinski definition) is 4. The first-order valence-electron chi connectivity index (χ1n) is 11.5. The van der Waals surface area contributed by atoms with Crippen molar-refractivity contribution < 1.29 is 18.9 Å². The molecule has 3 atom stereocenters. The van der Waals surface area contributed by atoms with Gasteiger partial charge in [-0.25, -0.2) is 0 Å². The molecular formula is C22H37N5O4. The molecule has 0 radical (unpaired) electrons. The van der Waals surface area contributed by atoms with Crippen LogP contribution in [0, 0.1) is 11.8 Å². The number of aromatic nitrogens is 1. The van der Waals surface area contributed by atoms with Crippen molar-refractivity contribution in [2.75, 3.05) is 13.1 Å². The van der Waals surface area contributed by atoms with Crippen LogP contribution in [0.25, 0.3) is 0 Å². The summed E-state index contributed by atoms with van der Waals surface area (Å²) in [6.07, 6.45) is 8.87. The third-order valence-corrected chi connectivity index (χ3v) is 6.05. The van der Waals surface area contributed by atoms with Gasteiger partial charge in [-0.1, -0.05) is 57.5 Å². The highest BCUT2D eigenvalue weighted by Gasteiger charge is 2.32. The molecule has 1 aromatic heterocycles. The first kappa shape index (κ1) is 24.8. The van der Waals surface area contributed by atoms with Crippen molar-refractivity contribution >= 4 is 17.7 Å². The minimum atomic E-state index is -0.746. The summed E-state index contributed by atoms with van der Waals surface area (Å²) in [6.45, 7) is 4.85. The molecular weight excluding hydrogens is 398 g/mol. The number of carbonyl (C=O) groups is 3. The lowest BCUT2D eigenvalue weighted by molar-refractivity contribution is -0.131. The van der Waals surface area contributed by atoms with E-state index in [1.807, 2.05) is 13.8 Å². The van der Waals surface area contributed by atoms with Crippen LogP contribution in [0.3, 0.4) is 0 Å². The number of rotatable bonds is 12. The van der Waals surface area contributed by atoms with E-state index in [0.717, 1.165) is 32.1 Å². The summed E-state index contributed by atoms with van der Waals surface area (Å²) in [7, 11) is 0. The van der Waals surface area contributed by atoms with Gasteiger partial charge < -0.3 is 26.2 Å². The van der Waals surface area contributed by atoms with E-state index in [9.17, 15) is 14.4 Å². The van der Waals surface area contributed by atoms with Crippen LogP contribution in [0.5, 0.6) is 0 Å². The monoisotopic (exact) mass is 435 g/mol. The number of nitrogens with one attached hydrogen (secondary N) is 3. The van der Waals surface area contributed by atoms with Crippen molar-refractivity contribution in [3.05, 3.63) is 18.0 Å². The second kappa shape index (κ2) is 13.1. The Balaban J connectivity index is 2.09. The molecule has 3 amide bonds. The zero-order chi connectivity index (χ0) is 22.6. The number of carbonyl (C=O) groups excluding carboxylic acids is 3. The van der Waals surface area contributed by atoms with Crippen molar-refractivity contribution in [1.29, 1.82) is 0 Å². The van der Waals surface area contributed by atoms with Crippen LogP contribution >= 0.6 is 0 Å². The van der Waals surface area contributed by atoms with Crippen LogP contribution in [0.2, 0.25) is 0 Å². The van der Waals surface area contributed by atoms with Crippen molar-refractivity contribution in [2.45, 2.75) is 77.3 Å². The van der Waals surface area contributed by atoms with E-state index in [-0.39, 0.29) is 23.5 Å². The molecule has 2 rings (SSSR count). The SMILES string of the molecule is CC[C@H](C)[C@H](NC(=O)[C@H](CC1CCCCC1)NC(=O)c1ccno1)C(=O)NCCCN. The number of nitrogens with zero attached hydrogens (tertiary/aromatic N) is 1. The molecule has 31 heavy (non-hydrogen) atoms. The maximum atomic E-state index is 13.2. The highest BCUT2D eigenvalue weighted by molar-refractivity contribution is 5.96. The number of amides is 3. The minimum absolute atomic E-state index is 0.0536. The maximum absolute atomic E-state index is 13.2. The fourth-order valence-electron chi connectivity index (χ4n) is 3.93. The van der Waals surface area contributed by atoms with E-state index in [1.54, 1.807) is 0 Å². The second-order valence-corrected chi connectivity index (χ2v) is 8.45. The Morgan fingerprint density at radius 1 is 1.19 bits per heavy atom. The first-order valence-corrected chi connectivity index (χ1v) is 11.5. The van der Waals surface area contributed by atoms with Gasteiger partial charge in [0.25, 0.3) is 5.91 Å². The minimum Gasteiger partial charge on any atom is -0.354 e. The summed E-state index contributed by atoms with van der Waals surface area (Å²) in [5, 5.41) is 12.1. The molecule has 0 saturated heterocycles. The Morgan fingerprint density at radius 3 is 2.55 bits per heavy atom. The highest BCUT2D eigenvalue weighted by Crippen LogP contribution is 2.27. The summed E-state index contributed by atoms with van der Waals surface area (Å²) < 4.78 is 4.93. The van der Waals surface area contributed by atoms with Gasteiger partial charge in [0.1, 0.15) is 12.1 Å². The van der Waals surface area contributed by atoms with Crippen molar-refractivity contribution in [3.8, 4) is 0 Å². The molecule has 1 fully saturated rings. The van der Waals surface area contributed by atoms with Crippen LogP contribution < -0.4 is 21.7 Å². The zero-order valence-corrected chi connectivity index (χ0v) is 18.7. The van der Waals surface area contributed by atoms with Gasteiger partial charge in [0, 0.05) is 12.6 Å². The van der Waals surface area contributed by atoms with Crippen LogP contribution in [0.4, 0.5) is 0 Å². The van der Waals surface area contributed by atoms with Crippen LogP contribution in [0.1, 0.15) is 75.8 Å². The fraction of sp³-hybridized carbons (Fsp3) is 0.727. The van der Waals surface area contributed by atoms with E-state index in [2.05, 4.69) is 21.1 Å². The fourth-order valence-corrected chi connectivity index (χ4v) is 3.93. The molecule has 0 aliphatic heterocycles. The first-order chi connectivity index (χ1) is 15.0. The Morgan fingerprint density at radius 2 is 1.94 bits per heavy atom. The Hall–Kier alpha value is -2.42. The summed E-state index contributed by atoms with van der Waals surface area (Å²) >= 11 is 0. The molecule has 0 bridgehead atoms. The molecule has 0 unspecified atom stereocenters. The number of hydrogen-bond acceptors (Lipinski definition) is 6. The molecule has 174 valence electrons. The zero-order valence-electron chi connectivity index (χ0n) is 18.7. The van der Waals surface area contributed by atoms with Gasteiger partial charge in [0.2, 0.25) is 17.6 Å². The molecule has 5 N–H and O–H groups in total. The molecule has 1 aliphatic carbocycles. The van der Waals surface area contributed by atoms with Crippen LogP contribution in [0.15, 0.2) is 16.8 Å². The molecule has 9 heteroatoms. The van der Waals surface area contributed by atoms with Gasteiger partial charge in [-0.3, -0.25) is 14.4 Å². The average Bonchev–Trinajstić information content (AvgIpc) is 3.32. The molecule has 9 nitrogen and oxygen atoms in total. The molecule has 1 aliphatic rings. The van der Waals surface area contributed by atoms with E-state index in [4.69, 9.17) is 10.3 Å². The van der Waals surface area contributed by atoms with Crippen LogP contribution in [-0.4, -0.2) is 48.1 Å². The molecule has 1 heterocycles. The predicted molar refractivity (Wildman–Crippen MR) is 117 cm³/mol. The van der Waals surface area contributed by atoms with Gasteiger partial charge >= 0.3 is 0 Å². The second-order valence-electron chi connectivity index (χ2n) is 8.45. The van der Waals surface area contributed by atoms with Gasteiger partial charge in [-0.2, -0.15) is 0 Å². The third kappa shape index (κ3) is 7.97. The molecule has 0 spiro atoms. The average molecular weight is 436 g/mol. The molecule has 0 aromatic carbocycles. The smallest absolute Gasteiger partial charge is 0.290 e. The van der Waals surface area contributed by atoms with E-state index >= 15 is 0 Å².